The normalized spacial score (nSPS) is 14.9. The molecule has 0 bridgehead atoms. The maximum Gasteiger partial charge on any atom is 0.292 e. The average molecular weight is 376 g/mol. The lowest BCUT2D eigenvalue weighted by molar-refractivity contribution is -0.383. The Morgan fingerprint density at radius 3 is 2.65 bits per heavy atom. The van der Waals surface area contributed by atoms with Crippen molar-refractivity contribution in [2.45, 2.75) is 0 Å². The monoisotopic (exact) mass is 375 g/mol. The van der Waals surface area contributed by atoms with Crippen LogP contribution in [0.1, 0.15) is 0 Å². The zero-order chi connectivity index (χ0) is 18.5. The van der Waals surface area contributed by atoms with Gasteiger partial charge in [-0.25, -0.2) is 4.98 Å². The molecule has 2 aromatic rings. The number of amides is 1. The molecule has 0 unspecified atom stereocenters. The maximum absolute atomic E-state index is 12.3. The molecule has 8 nitrogen and oxygen atoms in total. The molecule has 0 spiro atoms. The molecular formula is C17H18ClN5O3. The molecular weight excluding hydrogens is 358 g/mol. The van der Waals surface area contributed by atoms with E-state index in [9.17, 15) is 14.9 Å². The van der Waals surface area contributed by atoms with E-state index in [1.54, 1.807) is 6.20 Å². The summed E-state index contributed by atoms with van der Waals surface area (Å²) in [4.78, 5) is 31.3. The number of piperazine rings is 1. The Kier molecular flexibility index (Phi) is 5.65. The first-order valence-corrected chi connectivity index (χ1v) is 8.53. The van der Waals surface area contributed by atoms with Crippen molar-refractivity contribution < 1.29 is 9.72 Å². The first-order chi connectivity index (χ1) is 12.5. The van der Waals surface area contributed by atoms with Crippen molar-refractivity contribution in [2.75, 3.05) is 42.9 Å². The second kappa shape index (κ2) is 8.11. The molecule has 9 heteroatoms. The van der Waals surface area contributed by atoms with Crippen LogP contribution < -0.4 is 10.2 Å². The third-order valence-electron chi connectivity index (χ3n) is 4.14. The van der Waals surface area contributed by atoms with Crippen LogP contribution in [0, 0.1) is 10.1 Å². The summed E-state index contributed by atoms with van der Waals surface area (Å²) in [6, 6.07) is 9.87. The number of carbonyl (C=O) groups excluding carboxylic acids is 1. The number of rotatable bonds is 5. The minimum Gasteiger partial charge on any atom is -0.354 e. The Hall–Kier alpha value is -2.71. The van der Waals surface area contributed by atoms with E-state index in [0.717, 1.165) is 18.9 Å². The van der Waals surface area contributed by atoms with E-state index < -0.39 is 4.92 Å². The third kappa shape index (κ3) is 4.47. The summed E-state index contributed by atoms with van der Waals surface area (Å²) in [5.41, 5.74) is -0.0673. The van der Waals surface area contributed by atoms with Gasteiger partial charge in [0.15, 0.2) is 0 Å². The average Bonchev–Trinajstić information content (AvgIpc) is 2.63. The van der Waals surface area contributed by atoms with Crippen LogP contribution in [0.4, 0.5) is 17.2 Å². The molecule has 1 aromatic heterocycles. The molecule has 1 aromatic carbocycles. The lowest BCUT2D eigenvalue weighted by atomic mass is 10.2. The number of hydrogen-bond acceptors (Lipinski definition) is 6. The van der Waals surface area contributed by atoms with Gasteiger partial charge in [-0.05, 0) is 24.3 Å². The summed E-state index contributed by atoms with van der Waals surface area (Å²) in [5, 5.41) is 14.0. The van der Waals surface area contributed by atoms with Crippen molar-refractivity contribution in [3.63, 3.8) is 0 Å². The predicted molar refractivity (Wildman–Crippen MR) is 99.6 cm³/mol. The maximum atomic E-state index is 12.3. The van der Waals surface area contributed by atoms with Gasteiger partial charge in [-0.15, -0.1) is 0 Å². The van der Waals surface area contributed by atoms with Crippen LogP contribution in [0.2, 0.25) is 5.02 Å². The molecule has 3 rings (SSSR count). The highest BCUT2D eigenvalue weighted by atomic mass is 35.5. The number of aromatic nitrogens is 1. The minimum atomic E-state index is -0.544. The number of hydrogen-bond donors (Lipinski definition) is 1. The molecule has 1 N–H and O–H groups in total. The van der Waals surface area contributed by atoms with Crippen molar-refractivity contribution in [3.8, 4) is 0 Å². The summed E-state index contributed by atoms with van der Waals surface area (Å²) in [5.74, 6) is 0.618. The first kappa shape index (κ1) is 18.1. The molecule has 0 atom stereocenters. The van der Waals surface area contributed by atoms with Crippen LogP contribution in [0.5, 0.6) is 0 Å². The van der Waals surface area contributed by atoms with Gasteiger partial charge in [-0.2, -0.15) is 0 Å². The van der Waals surface area contributed by atoms with Gasteiger partial charge in [0.05, 0.1) is 11.5 Å². The van der Waals surface area contributed by atoms with Gasteiger partial charge in [0, 0.05) is 43.5 Å². The molecule has 136 valence electrons. The van der Waals surface area contributed by atoms with Crippen LogP contribution in [0.25, 0.3) is 0 Å². The standard InChI is InChI=1S/C17H18ClN5O3/c18-13-4-5-15(23(25)26)14(11-13)20-17(24)12-21-7-9-22(10-8-21)16-3-1-2-6-19-16/h1-6,11H,7-10,12H2,(H,20,24). The number of nitrogens with zero attached hydrogens (tertiary/aromatic N) is 4. The summed E-state index contributed by atoms with van der Waals surface area (Å²) in [6.07, 6.45) is 1.76. The van der Waals surface area contributed by atoms with Crippen LogP contribution in [-0.4, -0.2) is 53.4 Å². The summed E-state index contributed by atoms with van der Waals surface area (Å²) in [6.45, 7) is 3.12. The summed E-state index contributed by atoms with van der Waals surface area (Å²) in [7, 11) is 0. The van der Waals surface area contributed by atoms with E-state index in [2.05, 4.69) is 15.2 Å². The highest BCUT2D eigenvalue weighted by Crippen LogP contribution is 2.27. The van der Waals surface area contributed by atoms with Gasteiger partial charge in [0.1, 0.15) is 11.5 Å². The Bertz CT molecular complexity index is 794. The van der Waals surface area contributed by atoms with Crippen LogP contribution in [0.15, 0.2) is 42.6 Å². The van der Waals surface area contributed by atoms with Crippen molar-refractivity contribution in [3.05, 3.63) is 57.7 Å². The van der Waals surface area contributed by atoms with Crippen molar-refractivity contribution in [2.24, 2.45) is 0 Å². The van der Waals surface area contributed by atoms with E-state index in [4.69, 9.17) is 11.6 Å². The van der Waals surface area contributed by atoms with Crippen molar-refractivity contribution in [1.29, 1.82) is 0 Å². The second-order valence-corrected chi connectivity index (χ2v) is 6.35. The first-order valence-electron chi connectivity index (χ1n) is 8.15. The molecule has 0 saturated carbocycles. The fourth-order valence-corrected chi connectivity index (χ4v) is 3.01. The number of nitro benzene ring substituents is 1. The van der Waals surface area contributed by atoms with E-state index in [1.165, 1.54) is 18.2 Å². The van der Waals surface area contributed by atoms with Crippen molar-refractivity contribution in [1.82, 2.24) is 9.88 Å². The number of nitrogens with one attached hydrogen (secondary N) is 1. The number of halogens is 1. The largest absolute Gasteiger partial charge is 0.354 e. The molecule has 1 saturated heterocycles. The Morgan fingerprint density at radius 2 is 2.00 bits per heavy atom. The highest BCUT2D eigenvalue weighted by Gasteiger charge is 2.21. The molecule has 0 aliphatic carbocycles. The van der Waals surface area contributed by atoms with Crippen LogP contribution in [0.3, 0.4) is 0 Å². The summed E-state index contributed by atoms with van der Waals surface area (Å²) >= 11 is 5.88. The number of nitro groups is 1. The van der Waals surface area contributed by atoms with Gasteiger partial charge >= 0.3 is 0 Å². The second-order valence-electron chi connectivity index (χ2n) is 5.92. The third-order valence-corrected chi connectivity index (χ3v) is 4.38. The fraction of sp³-hybridized carbons (Fsp3) is 0.294. The van der Waals surface area contributed by atoms with E-state index in [1.807, 2.05) is 23.1 Å². The zero-order valence-corrected chi connectivity index (χ0v) is 14.7. The van der Waals surface area contributed by atoms with Gasteiger partial charge in [-0.3, -0.25) is 19.8 Å². The smallest absolute Gasteiger partial charge is 0.292 e. The molecule has 26 heavy (non-hydrogen) atoms. The van der Waals surface area contributed by atoms with E-state index >= 15 is 0 Å². The Morgan fingerprint density at radius 1 is 1.23 bits per heavy atom. The van der Waals surface area contributed by atoms with Gasteiger partial charge in [0.25, 0.3) is 5.69 Å². The van der Waals surface area contributed by atoms with Crippen LogP contribution >= 0.6 is 11.6 Å². The van der Waals surface area contributed by atoms with E-state index in [-0.39, 0.29) is 23.8 Å². The molecule has 1 aliphatic heterocycles. The number of carbonyl (C=O) groups is 1. The van der Waals surface area contributed by atoms with Gasteiger partial charge < -0.3 is 10.2 Å². The molecule has 1 fully saturated rings. The number of anilines is 2. The zero-order valence-electron chi connectivity index (χ0n) is 14.0. The van der Waals surface area contributed by atoms with Crippen molar-refractivity contribution >= 4 is 34.7 Å². The molecule has 1 amide bonds. The van der Waals surface area contributed by atoms with E-state index in [0.29, 0.717) is 18.1 Å². The molecule has 0 radical (unpaired) electrons. The lowest BCUT2D eigenvalue weighted by Crippen LogP contribution is -2.48. The van der Waals surface area contributed by atoms with Crippen LogP contribution in [-0.2, 0) is 4.79 Å². The quantitative estimate of drug-likeness (QED) is 0.637. The van der Waals surface area contributed by atoms with Gasteiger partial charge in [-0.1, -0.05) is 17.7 Å². The minimum absolute atomic E-state index is 0.111. The Balaban J connectivity index is 1.55. The topological polar surface area (TPSA) is 91.6 Å². The van der Waals surface area contributed by atoms with Gasteiger partial charge in [0.2, 0.25) is 5.91 Å². The summed E-state index contributed by atoms with van der Waals surface area (Å²) < 4.78 is 0. The number of pyridine rings is 1. The number of benzene rings is 1. The fourth-order valence-electron chi connectivity index (χ4n) is 2.84. The SMILES string of the molecule is O=C(CN1CCN(c2ccccn2)CC1)Nc1cc(Cl)ccc1[N+](=O)[O-]. The molecule has 2 heterocycles. The molecule has 1 aliphatic rings. The highest BCUT2D eigenvalue weighted by molar-refractivity contribution is 6.31. The predicted octanol–water partition coefficient (Wildman–Crippen LogP) is 2.40. The Labute approximate surface area is 155 Å². The lowest BCUT2D eigenvalue weighted by Gasteiger charge is -2.34.